The summed E-state index contributed by atoms with van der Waals surface area (Å²) in [5.74, 6) is 2.47. The molecule has 1 aliphatic carbocycles. The predicted octanol–water partition coefficient (Wildman–Crippen LogP) is 4.48. The molecule has 1 saturated carbocycles. The second-order valence-corrected chi connectivity index (χ2v) is 6.98. The molecule has 0 saturated heterocycles. The van der Waals surface area contributed by atoms with Gasteiger partial charge in [-0.1, -0.05) is 38.5 Å². The summed E-state index contributed by atoms with van der Waals surface area (Å²) in [4.78, 5) is 0. The fraction of sp³-hybridized carbons (Fsp3) is 0.667. The van der Waals surface area contributed by atoms with Gasteiger partial charge < -0.3 is 9.84 Å². The Morgan fingerprint density at radius 3 is 2.80 bits per heavy atom. The molecule has 1 heterocycles. The summed E-state index contributed by atoms with van der Waals surface area (Å²) in [6, 6.07) is 7.97. The van der Waals surface area contributed by atoms with Crippen LogP contribution in [-0.2, 0) is 0 Å². The molecule has 0 amide bonds. The summed E-state index contributed by atoms with van der Waals surface area (Å²) in [6.45, 7) is 4.66. The van der Waals surface area contributed by atoms with E-state index in [4.69, 9.17) is 4.74 Å². The van der Waals surface area contributed by atoms with E-state index in [0.717, 1.165) is 42.4 Å². The average molecular weight is 274 g/mol. The van der Waals surface area contributed by atoms with Crippen LogP contribution in [-0.4, -0.2) is 10.7 Å². The maximum absolute atomic E-state index is 10.5. The molecule has 2 heteroatoms. The number of para-hydroxylation sites is 1. The van der Waals surface area contributed by atoms with Crippen molar-refractivity contribution in [1.82, 2.24) is 0 Å². The van der Waals surface area contributed by atoms with Crippen molar-refractivity contribution in [1.29, 1.82) is 0 Å². The topological polar surface area (TPSA) is 29.5 Å². The Morgan fingerprint density at radius 2 is 2.00 bits per heavy atom. The summed E-state index contributed by atoms with van der Waals surface area (Å²) in [5, 5.41) is 10.5. The lowest BCUT2D eigenvalue weighted by molar-refractivity contribution is -0.0253. The minimum Gasteiger partial charge on any atom is -0.487 e. The molecule has 20 heavy (non-hydrogen) atoms. The summed E-state index contributed by atoms with van der Waals surface area (Å²) < 4.78 is 6.38. The van der Waals surface area contributed by atoms with Gasteiger partial charge in [0.2, 0.25) is 0 Å². The maximum atomic E-state index is 10.5. The highest BCUT2D eigenvalue weighted by Gasteiger charge is 2.41. The van der Waals surface area contributed by atoms with Crippen LogP contribution in [0.1, 0.15) is 64.0 Å². The van der Waals surface area contributed by atoms with Gasteiger partial charge in [-0.2, -0.15) is 0 Å². The molecule has 1 spiro atoms. The first-order valence-corrected chi connectivity index (χ1v) is 8.06. The quantitative estimate of drug-likeness (QED) is 0.818. The first kappa shape index (κ1) is 13.9. The van der Waals surface area contributed by atoms with Crippen LogP contribution in [0, 0.1) is 11.8 Å². The molecule has 3 rings (SSSR count). The van der Waals surface area contributed by atoms with Gasteiger partial charge in [0.05, 0.1) is 6.10 Å². The number of rotatable bonds is 1. The monoisotopic (exact) mass is 274 g/mol. The van der Waals surface area contributed by atoms with Crippen molar-refractivity contribution in [2.75, 3.05) is 0 Å². The van der Waals surface area contributed by atoms with E-state index in [1.54, 1.807) is 0 Å². The molecular formula is C18H26O2. The number of aliphatic hydroxyl groups excluding tert-OH is 1. The molecule has 110 valence electrons. The molecule has 0 radical (unpaired) electrons. The Bertz CT molecular complexity index is 468. The third-order valence-electron chi connectivity index (χ3n) is 5.29. The van der Waals surface area contributed by atoms with Crippen molar-refractivity contribution >= 4 is 0 Å². The molecule has 2 aliphatic rings. The highest BCUT2D eigenvalue weighted by Crippen LogP contribution is 2.46. The van der Waals surface area contributed by atoms with E-state index in [1.807, 2.05) is 24.3 Å². The van der Waals surface area contributed by atoms with Crippen molar-refractivity contribution in [3.05, 3.63) is 29.8 Å². The Balaban J connectivity index is 1.81. The Morgan fingerprint density at radius 1 is 1.20 bits per heavy atom. The van der Waals surface area contributed by atoms with E-state index in [-0.39, 0.29) is 11.7 Å². The molecule has 0 bridgehead atoms. The summed E-state index contributed by atoms with van der Waals surface area (Å²) >= 11 is 0. The smallest absolute Gasteiger partial charge is 0.125 e. The zero-order valence-corrected chi connectivity index (χ0v) is 12.6. The standard InChI is InChI=1S/C18H26O2/c1-13(2)14-6-5-10-18(11-9-14)12-16(19)15-7-3-4-8-17(15)20-18/h3-4,7-8,13-14,16,19H,5-6,9-12H2,1-2H3/t14?,16-,18?/m1/s1. The largest absolute Gasteiger partial charge is 0.487 e. The van der Waals surface area contributed by atoms with Gasteiger partial charge in [0.25, 0.3) is 0 Å². The number of ether oxygens (including phenoxy) is 1. The molecule has 1 aliphatic heterocycles. The number of hydrogen-bond acceptors (Lipinski definition) is 2. The molecule has 2 unspecified atom stereocenters. The van der Waals surface area contributed by atoms with Gasteiger partial charge in [-0.15, -0.1) is 0 Å². The van der Waals surface area contributed by atoms with E-state index in [2.05, 4.69) is 13.8 Å². The third kappa shape index (κ3) is 2.58. The van der Waals surface area contributed by atoms with E-state index in [0.29, 0.717) is 0 Å². The van der Waals surface area contributed by atoms with E-state index >= 15 is 0 Å². The number of benzene rings is 1. The Kier molecular flexibility index (Phi) is 3.76. The fourth-order valence-electron chi connectivity index (χ4n) is 3.96. The van der Waals surface area contributed by atoms with E-state index < -0.39 is 0 Å². The third-order valence-corrected chi connectivity index (χ3v) is 5.29. The number of fused-ring (bicyclic) bond motifs is 1. The minimum absolute atomic E-state index is 0.128. The molecule has 0 aromatic heterocycles. The molecule has 1 aromatic carbocycles. The number of hydrogen-bond donors (Lipinski definition) is 1. The van der Waals surface area contributed by atoms with Gasteiger partial charge in [-0.3, -0.25) is 0 Å². The van der Waals surface area contributed by atoms with Gasteiger partial charge in [0.1, 0.15) is 11.4 Å². The Hall–Kier alpha value is -1.02. The summed E-state index contributed by atoms with van der Waals surface area (Å²) in [7, 11) is 0. The van der Waals surface area contributed by atoms with Gasteiger partial charge in [0.15, 0.2) is 0 Å². The van der Waals surface area contributed by atoms with Crippen LogP contribution in [0.5, 0.6) is 5.75 Å². The molecule has 2 nitrogen and oxygen atoms in total. The Labute approximate surface area is 122 Å². The highest BCUT2D eigenvalue weighted by atomic mass is 16.5. The number of aliphatic hydroxyl groups is 1. The average Bonchev–Trinajstić information content (AvgIpc) is 2.62. The van der Waals surface area contributed by atoms with E-state index in [1.165, 1.54) is 19.3 Å². The van der Waals surface area contributed by atoms with Crippen LogP contribution < -0.4 is 4.74 Å². The van der Waals surface area contributed by atoms with Crippen molar-refractivity contribution < 1.29 is 9.84 Å². The van der Waals surface area contributed by atoms with Crippen molar-refractivity contribution in [2.24, 2.45) is 11.8 Å². The van der Waals surface area contributed by atoms with Crippen LogP contribution in [0.15, 0.2) is 24.3 Å². The zero-order valence-electron chi connectivity index (χ0n) is 12.6. The van der Waals surface area contributed by atoms with Gasteiger partial charge in [-0.05, 0) is 43.6 Å². The second kappa shape index (κ2) is 5.40. The normalized spacial score (nSPS) is 33.6. The van der Waals surface area contributed by atoms with Gasteiger partial charge in [-0.25, -0.2) is 0 Å². The van der Waals surface area contributed by atoms with Crippen molar-refractivity contribution in [3.8, 4) is 5.75 Å². The SMILES string of the molecule is CC(C)C1CCCC2(CC1)C[C@@H](O)c1ccccc1O2. The van der Waals surface area contributed by atoms with Crippen LogP contribution >= 0.6 is 0 Å². The van der Waals surface area contributed by atoms with Crippen LogP contribution in [0.3, 0.4) is 0 Å². The maximum Gasteiger partial charge on any atom is 0.125 e. The first-order chi connectivity index (χ1) is 9.60. The molecule has 1 aromatic rings. The lowest BCUT2D eigenvalue weighted by atomic mass is 9.82. The molecular weight excluding hydrogens is 248 g/mol. The van der Waals surface area contributed by atoms with Crippen molar-refractivity contribution in [2.45, 2.75) is 64.1 Å². The van der Waals surface area contributed by atoms with Gasteiger partial charge in [0, 0.05) is 12.0 Å². The first-order valence-electron chi connectivity index (χ1n) is 8.06. The lowest BCUT2D eigenvalue weighted by Gasteiger charge is -2.40. The minimum atomic E-state index is -0.365. The van der Waals surface area contributed by atoms with Crippen LogP contribution in [0.2, 0.25) is 0 Å². The van der Waals surface area contributed by atoms with E-state index in [9.17, 15) is 5.11 Å². The fourth-order valence-corrected chi connectivity index (χ4v) is 3.96. The summed E-state index contributed by atoms with van der Waals surface area (Å²) in [5.41, 5.74) is 0.833. The van der Waals surface area contributed by atoms with Gasteiger partial charge >= 0.3 is 0 Å². The molecule has 1 fully saturated rings. The molecule has 3 atom stereocenters. The van der Waals surface area contributed by atoms with Crippen molar-refractivity contribution in [3.63, 3.8) is 0 Å². The van der Waals surface area contributed by atoms with Crippen LogP contribution in [0.4, 0.5) is 0 Å². The summed E-state index contributed by atoms with van der Waals surface area (Å²) in [6.07, 6.45) is 6.32. The zero-order chi connectivity index (χ0) is 14.2. The molecule has 1 N–H and O–H groups in total. The predicted molar refractivity (Wildman–Crippen MR) is 80.8 cm³/mol. The highest BCUT2D eigenvalue weighted by molar-refractivity contribution is 5.38. The lowest BCUT2D eigenvalue weighted by Crippen LogP contribution is -2.40. The second-order valence-electron chi connectivity index (χ2n) is 6.98. The van der Waals surface area contributed by atoms with Crippen LogP contribution in [0.25, 0.3) is 0 Å².